The number of nitrogens with zero attached hydrogens (tertiary/aromatic N) is 3. The Morgan fingerprint density at radius 3 is 2.33 bits per heavy atom. The second-order valence-corrected chi connectivity index (χ2v) is 6.66. The number of ether oxygens (including phenoxy) is 2. The fourth-order valence-corrected chi connectivity index (χ4v) is 3.45. The van der Waals surface area contributed by atoms with E-state index in [1.54, 1.807) is 23.1 Å². The Morgan fingerprint density at radius 1 is 1.07 bits per heavy atom. The zero-order chi connectivity index (χ0) is 21.9. The number of nitriles is 1. The zero-order valence-electron chi connectivity index (χ0n) is 16.5. The van der Waals surface area contributed by atoms with Gasteiger partial charge < -0.3 is 19.3 Å². The summed E-state index contributed by atoms with van der Waals surface area (Å²) in [4.78, 5) is 16.4. The van der Waals surface area contributed by atoms with Gasteiger partial charge in [0.2, 0.25) is 0 Å². The molecule has 9 heteroatoms. The van der Waals surface area contributed by atoms with E-state index in [9.17, 15) is 23.2 Å². The van der Waals surface area contributed by atoms with E-state index in [0.717, 1.165) is 12.1 Å². The number of hydrogen-bond acceptors (Lipinski definition) is 5. The minimum atomic E-state index is -4.51. The van der Waals surface area contributed by atoms with Crippen LogP contribution in [0, 0.1) is 11.3 Å². The molecule has 2 aromatic carbocycles. The number of alkyl halides is 3. The molecule has 6 nitrogen and oxygen atoms in total. The van der Waals surface area contributed by atoms with Gasteiger partial charge >= 0.3 is 6.18 Å². The number of piperazine rings is 1. The first-order valence-corrected chi connectivity index (χ1v) is 9.16. The largest absolute Gasteiger partial charge is 0.493 e. The highest BCUT2D eigenvalue weighted by Crippen LogP contribution is 2.34. The van der Waals surface area contributed by atoms with E-state index >= 15 is 0 Å². The standard InChI is InChI=1S/C21H20F3N3O3/c1-29-18-5-3-4-16(19(18)30-2)20(28)27-10-8-26(9-11-27)17-7-6-15(21(22,23)24)12-14(17)13-25/h3-7,12H,8-11H2,1-2H3. The van der Waals surface area contributed by atoms with Gasteiger partial charge in [-0.3, -0.25) is 4.79 Å². The highest BCUT2D eigenvalue weighted by Gasteiger charge is 2.32. The minimum Gasteiger partial charge on any atom is -0.493 e. The van der Waals surface area contributed by atoms with Crippen LogP contribution in [-0.4, -0.2) is 51.2 Å². The molecule has 0 N–H and O–H groups in total. The third kappa shape index (κ3) is 4.13. The van der Waals surface area contributed by atoms with Crippen LogP contribution >= 0.6 is 0 Å². The summed E-state index contributed by atoms with van der Waals surface area (Å²) in [7, 11) is 2.95. The zero-order valence-corrected chi connectivity index (χ0v) is 16.5. The molecular weight excluding hydrogens is 399 g/mol. The van der Waals surface area contributed by atoms with Crippen LogP contribution in [-0.2, 0) is 6.18 Å². The lowest BCUT2D eigenvalue weighted by Gasteiger charge is -2.36. The van der Waals surface area contributed by atoms with Gasteiger partial charge in [-0.05, 0) is 30.3 Å². The average Bonchev–Trinajstić information content (AvgIpc) is 2.76. The fraction of sp³-hybridized carbons (Fsp3) is 0.333. The molecular formula is C21H20F3N3O3. The quantitative estimate of drug-likeness (QED) is 0.758. The molecule has 0 radical (unpaired) electrons. The van der Waals surface area contributed by atoms with E-state index in [2.05, 4.69) is 0 Å². The Balaban J connectivity index is 1.76. The van der Waals surface area contributed by atoms with Crippen molar-refractivity contribution in [2.24, 2.45) is 0 Å². The van der Waals surface area contributed by atoms with E-state index < -0.39 is 11.7 Å². The fourth-order valence-electron chi connectivity index (χ4n) is 3.45. The number of methoxy groups -OCH3 is 2. The van der Waals surface area contributed by atoms with Gasteiger partial charge in [-0.2, -0.15) is 18.4 Å². The molecule has 0 bridgehead atoms. The molecule has 0 atom stereocenters. The number of halogens is 3. The molecule has 1 aliphatic heterocycles. The summed E-state index contributed by atoms with van der Waals surface area (Å²) in [6.07, 6.45) is -4.51. The smallest absolute Gasteiger partial charge is 0.416 e. The van der Waals surface area contributed by atoms with Crippen molar-refractivity contribution in [2.45, 2.75) is 6.18 Å². The Labute approximate surface area is 172 Å². The van der Waals surface area contributed by atoms with Gasteiger partial charge in [0.15, 0.2) is 11.5 Å². The van der Waals surface area contributed by atoms with Gasteiger partial charge in [0.25, 0.3) is 5.91 Å². The third-order valence-electron chi connectivity index (χ3n) is 4.99. The Kier molecular flexibility index (Phi) is 6.06. The van der Waals surface area contributed by atoms with Crippen molar-refractivity contribution in [1.29, 1.82) is 5.26 Å². The first kappa shape index (κ1) is 21.3. The van der Waals surface area contributed by atoms with Crippen molar-refractivity contribution in [3.05, 3.63) is 53.1 Å². The molecule has 158 valence electrons. The first-order chi connectivity index (χ1) is 14.3. The van der Waals surface area contributed by atoms with Gasteiger partial charge in [0.1, 0.15) is 6.07 Å². The van der Waals surface area contributed by atoms with Crippen LogP contribution in [0.1, 0.15) is 21.5 Å². The molecule has 2 aromatic rings. The van der Waals surface area contributed by atoms with E-state index in [0.29, 0.717) is 48.9 Å². The van der Waals surface area contributed by atoms with Crippen LogP contribution in [0.3, 0.4) is 0 Å². The van der Waals surface area contributed by atoms with Gasteiger partial charge in [-0.15, -0.1) is 0 Å². The molecule has 0 aliphatic carbocycles. The van der Waals surface area contributed by atoms with Gasteiger partial charge in [0, 0.05) is 26.2 Å². The van der Waals surface area contributed by atoms with Crippen LogP contribution in [0.25, 0.3) is 0 Å². The summed E-state index contributed by atoms with van der Waals surface area (Å²) in [6.45, 7) is 1.48. The minimum absolute atomic E-state index is 0.0425. The number of para-hydroxylation sites is 1. The second kappa shape index (κ2) is 8.53. The van der Waals surface area contributed by atoms with Crippen LogP contribution in [0.5, 0.6) is 11.5 Å². The van der Waals surface area contributed by atoms with Crippen molar-refractivity contribution >= 4 is 11.6 Å². The van der Waals surface area contributed by atoms with E-state index in [-0.39, 0.29) is 11.5 Å². The lowest BCUT2D eigenvalue weighted by molar-refractivity contribution is -0.137. The number of hydrogen-bond donors (Lipinski definition) is 0. The van der Waals surface area contributed by atoms with Crippen LogP contribution in [0.2, 0.25) is 0 Å². The summed E-state index contributed by atoms with van der Waals surface area (Å²) >= 11 is 0. The predicted octanol–water partition coefficient (Wildman–Crippen LogP) is 3.56. The van der Waals surface area contributed by atoms with Crippen LogP contribution in [0.15, 0.2) is 36.4 Å². The second-order valence-electron chi connectivity index (χ2n) is 6.66. The molecule has 3 rings (SSSR count). The van der Waals surface area contributed by atoms with Gasteiger partial charge in [-0.1, -0.05) is 6.07 Å². The maximum absolute atomic E-state index is 13.0. The lowest BCUT2D eigenvalue weighted by Crippen LogP contribution is -2.49. The highest BCUT2D eigenvalue weighted by molar-refractivity contribution is 5.98. The molecule has 0 aromatic heterocycles. The molecule has 1 saturated heterocycles. The summed E-state index contributed by atoms with van der Waals surface area (Å²) in [6, 6.07) is 10.0. The maximum atomic E-state index is 13.0. The molecule has 30 heavy (non-hydrogen) atoms. The van der Waals surface area contributed by atoms with E-state index in [4.69, 9.17) is 9.47 Å². The summed E-state index contributed by atoms with van der Waals surface area (Å²) in [5, 5.41) is 9.30. The molecule has 0 saturated carbocycles. The monoisotopic (exact) mass is 419 g/mol. The Morgan fingerprint density at radius 2 is 1.77 bits per heavy atom. The van der Waals surface area contributed by atoms with Gasteiger partial charge in [0.05, 0.1) is 36.6 Å². The normalized spacial score (nSPS) is 14.3. The highest BCUT2D eigenvalue weighted by atomic mass is 19.4. The van der Waals surface area contributed by atoms with Crippen molar-refractivity contribution < 1.29 is 27.4 Å². The SMILES string of the molecule is COc1cccc(C(=O)N2CCN(c3ccc(C(F)(F)F)cc3C#N)CC2)c1OC. The topological polar surface area (TPSA) is 65.8 Å². The number of carbonyl (C=O) groups is 1. The number of benzene rings is 2. The summed E-state index contributed by atoms with van der Waals surface area (Å²) in [5.74, 6) is 0.575. The Hall–Kier alpha value is -3.41. The number of rotatable bonds is 4. The van der Waals surface area contributed by atoms with E-state index in [1.165, 1.54) is 20.3 Å². The van der Waals surface area contributed by atoms with Crippen molar-refractivity contribution in [3.63, 3.8) is 0 Å². The van der Waals surface area contributed by atoms with Crippen molar-refractivity contribution in [3.8, 4) is 17.6 Å². The molecule has 1 fully saturated rings. The van der Waals surface area contributed by atoms with E-state index in [1.807, 2.05) is 11.0 Å². The molecule has 0 spiro atoms. The van der Waals surface area contributed by atoms with Crippen molar-refractivity contribution in [1.82, 2.24) is 4.90 Å². The molecule has 1 aliphatic rings. The number of anilines is 1. The molecule has 1 heterocycles. The van der Waals surface area contributed by atoms with Crippen molar-refractivity contribution in [2.75, 3.05) is 45.3 Å². The number of amides is 1. The van der Waals surface area contributed by atoms with Crippen LogP contribution in [0.4, 0.5) is 18.9 Å². The molecule has 1 amide bonds. The van der Waals surface area contributed by atoms with Crippen LogP contribution < -0.4 is 14.4 Å². The third-order valence-corrected chi connectivity index (χ3v) is 4.99. The number of carbonyl (C=O) groups excluding carboxylic acids is 1. The average molecular weight is 419 g/mol. The lowest BCUT2D eigenvalue weighted by atomic mass is 10.1. The Bertz CT molecular complexity index is 978. The predicted molar refractivity (Wildman–Crippen MR) is 104 cm³/mol. The summed E-state index contributed by atoms with van der Waals surface area (Å²) in [5.41, 5.74) is -0.102. The molecule has 0 unspecified atom stereocenters. The van der Waals surface area contributed by atoms with Gasteiger partial charge in [-0.25, -0.2) is 0 Å². The first-order valence-electron chi connectivity index (χ1n) is 9.16. The summed E-state index contributed by atoms with van der Waals surface area (Å²) < 4.78 is 49.3. The maximum Gasteiger partial charge on any atom is 0.416 e.